The van der Waals surface area contributed by atoms with Crippen LogP contribution in [0.1, 0.15) is 38.5 Å². The zero-order chi connectivity index (χ0) is 25.5. The predicted octanol–water partition coefficient (Wildman–Crippen LogP) is 5.46. The Hall–Kier alpha value is -3.65. The van der Waals surface area contributed by atoms with E-state index in [-0.39, 0.29) is 0 Å². The molecule has 1 saturated heterocycles. The number of carbonyl (C=O) groups excluding carboxylic acids is 1. The first-order valence-electron chi connectivity index (χ1n) is 13.2. The van der Waals surface area contributed by atoms with Crippen molar-refractivity contribution < 1.29 is 18.7 Å². The summed E-state index contributed by atoms with van der Waals surface area (Å²) in [6, 6.07) is 7.24. The highest BCUT2D eigenvalue weighted by Crippen LogP contribution is 2.29. The first-order chi connectivity index (χ1) is 18.2. The molecule has 1 fully saturated rings. The number of unbranched alkanes of at least 4 members (excludes halogenated alkanes) is 1. The second kappa shape index (κ2) is 12.1. The number of fused-ring (bicyclic) bond motifs is 1. The molecule has 2 aromatic rings. The average molecular weight is 505 g/mol. The molecular formula is C29H36N4O4. The van der Waals surface area contributed by atoms with Crippen molar-refractivity contribution in [3.8, 4) is 0 Å². The van der Waals surface area contributed by atoms with Gasteiger partial charge in [0, 0.05) is 38.0 Å². The van der Waals surface area contributed by atoms with E-state index in [1.807, 2.05) is 24.3 Å². The highest BCUT2D eigenvalue weighted by molar-refractivity contribution is 6.01. The summed E-state index contributed by atoms with van der Waals surface area (Å²) in [5, 5.41) is 0.905. The van der Waals surface area contributed by atoms with E-state index < -0.39 is 6.03 Å². The Labute approximate surface area is 218 Å². The van der Waals surface area contributed by atoms with Gasteiger partial charge in [0.1, 0.15) is 23.9 Å². The van der Waals surface area contributed by atoms with Crippen LogP contribution in [0.4, 0.5) is 10.5 Å². The lowest BCUT2D eigenvalue weighted by Gasteiger charge is -2.28. The number of amides is 2. The fraction of sp³-hybridized carbons (Fsp3) is 0.414. The van der Waals surface area contributed by atoms with Crippen LogP contribution in [0.15, 0.2) is 82.9 Å². The SMILES string of the molecule is NC(=O)N(CCCCN1CCCN(C2=COC=C(CC3=CC=CCC3)O2)CC1)c1coc2ccccc12. The molecule has 0 spiro atoms. The Morgan fingerprint density at radius 2 is 2.00 bits per heavy atom. The number of primary amides is 1. The normalized spacial score (nSPS) is 18.4. The van der Waals surface area contributed by atoms with Gasteiger partial charge in [-0.3, -0.25) is 4.90 Å². The number of allylic oxidation sites excluding steroid dienone is 4. The van der Waals surface area contributed by atoms with Gasteiger partial charge >= 0.3 is 6.03 Å². The van der Waals surface area contributed by atoms with E-state index in [9.17, 15) is 4.79 Å². The molecule has 2 aliphatic heterocycles. The van der Waals surface area contributed by atoms with Gasteiger partial charge in [-0.1, -0.05) is 35.9 Å². The summed E-state index contributed by atoms with van der Waals surface area (Å²) in [6.45, 7) is 5.38. The van der Waals surface area contributed by atoms with Crippen LogP contribution < -0.4 is 10.6 Å². The molecule has 8 heteroatoms. The summed E-state index contributed by atoms with van der Waals surface area (Å²) in [7, 11) is 0. The van der Waals surface area contributed by atoms with Crippen molar-refractivity contribution in [3.05, 3.63) is 78.5 Å². The number of carbonyl (C=O) groups is 1. The maximum absolute atomic E-state index is 12.2. The molecule has 3 aliphatic rings. The number of hydrogen-bond donors (Lipinski definition) is 1. The molecule has 2 N–H and O–H groups in total. The van der Waals surface area contributed by atoms with Crippen LogP contribution in [0.2, 0.25) is 0 Å². The number of nitrogens with two attached hydrogens (primary N) is 1. The van der Waals surface area contributed by atoms with E-state index in [0.717, 1.165) is 99.5 Å². The van der Waals surface area contributed by atoms with Gasteiger partial charge in [0.2, 0.25) is 5.88 Å². The lowest BCUT2D eigenvalue weighted by atomic mass is 10.0. The summed E-state index contributed by atoms with van der Waals surface area (Å²) < 4.78 is 17.5. The van der Waals surface area contributed by atoms with Crippen LogP contribution in [-0.2, 0) is 9.47 Å². The number of benzene rings is 1. The smallest absolute Gasteiger partial charge is 0.319 e. The lowest BCUT2D eigenvalue weighted by molar-refractivity contribution is 0.120. The van der Waals surface area contributed by atoms with Crippen molar-refractivity contribution in [2.24, 2.45) is 5.73 Å². The zero-order valence-corrected chi connectivity index (χ0v) is 21.3. The van der Waals surface area contributed by atoms with Crippen molar-refractivity contribution in [2.45, 2.75) is 38.5 Å². The molecule has 196 valence electrons. The molecule has 37 heavy (non-hydrogen) atoms. The molecule has 0 unspecified atom stereocenters. The van der Waals surface area contributed by atoms with Crippen molar-refractivity contribution in [2.75, 3.05) is 44.2 Å². The minimum Gasteiger partial charge on any atom is -0.464 e. The van der Waals surface area contributed by atoms with Crippen LogP contribution in [0.25, 0.3) is 11.0 Å². The minimum atomic E-state index is -0.454. The van der Waals surface area contributed by atoms with E-state index in [4.69, 9.17) is 19.6 Å². The topological polar surface area (TPSA) is 84.4 Å². The highest BCUT2D eigenvalue weighted by Gasteiger charge is 2.22. The number of urea groups is 1. The summed E-state index contributed by atoms with van der Waals surface area (Å²) in [6.07, 6.45) is 17.4. The minimum absolute atomic E-state index is 0.454. The molecule has 2 amide bonds. The number of furan rings is 1. The predicted molar refractivity (Wildman–Crippen MR) is 144 cm³/mol. The Bertz CT molecular complexity index is 1210. The summed E-state index contributed by atoms with van der Waals surface area (Å²) in [5.74, 6) is 1.67. The van der Waals surface area contributed by atoms with Crippen molar-refractivity contribution in [1.82, 2.24) is 9.80 Å². The Morgan fingerprint density at radius 3 is 2.86 bits per heavy atom. The third-order valence-electron chi connectivity index (χ3n) is 7.13. The number of nitrogens with zero attached hydrogens (tertiary/aromatic N) is 3. The van der Waals surface area contributed by atoms with E-state index in [1.165, 1.54) is 5.57 Å². The molecule has 0 radical (unpaired) electrons. The van der Waals surface area contributed by atoms with Gasteiger partial charge in [-0.2, -0.15) is 0 Å². The van der Waals surface area contributed by atoms with Crippen LogP contribution in [0.5, 0.6) is 0 Å². The van der Waals surface area contributed by atoms with Crippen molar-refractivity contribution in [1.29, 1.82) is 0 Å². The third-order valence-corrected chi connectivity index (χ3v) is 7.13. The van der Waals surface area contributed by atoms with Crippen LogP contribution >= 0.6 is 0 Å². The third kappa shape index (κ3) is 6.38. The summed E-state index contributed by atoms with van der Waals surface area (Å²) in [5.41, 5.74) is 8.57. The molecular weight excluding hydrogens is 468 g/mol. The van der Waals surface area contributed by atoms with Crippen LogP contribution in [0, 0.1) is 0 Å². The molecule has 3 heterocycles. The molecule has 0 saturated carbocycles. The van der Waals surface area contributed by atoms with Crippen molar-refractivity contribution >= 4 is 22.7 Å². The Balaban J connectivity index is 1.07. The maximum atomic E-state index is 12.2. The second-order valence-electron chi connectivity index (χ2n) is 9.74. The fourth-order valence-corrected chi connectivity index (χ4v) is 5.13. The highest BCUT2D eigenvalue weighted by atomic mass is 16.6. The summed E-state index contributed by atoms with van der Waals surface area (Å²) in [4.78, 5) is 18.5. The number of para-hydroxylation sites is 1. The van der Waals surface area contributed by atoms with Gasteiger partial charge in [0.15, 0.2) is 6.26 Å². The standard InChI is InChI=1S/C29H36N4O4/c30-29(34)33(26-21-36-27-12-5-4-11-25(26)27)16-7-6-13-31-14-8-15-32(18-17-31)28-22-35-20-24(37-28)19-23-9-2-1-3-10-23/h1-2,4-5,9,11-12,20-22H,3,6-8,10,13-19H2,(H2,30,34). The average Bonchev–Trinajstić information content (AvgIpc) is 3.19. The number of ether oxygens (including phenoxy) is 2. The molecule has 0 atom stereocenters. The van der Waals surface area contributed by atoms with E-state index >= 15 is 0 Å². The molecule has 0 bridgehead atoms. The second-order valence-corrected chi connectivity index (χ2v) is 9.74. The first-order valence-corrected chi connectivity index (χ1v) is 13.2. The molecule has 1 aliphatic carbocycles. The quantitative estimate of drug-likeness (QED) is 0.457. The van der Waals surface area contributed by atoms with Gasteiger partial charge in [-0.25, -0.2) is 4.79 Å². The van der Waals surface area contributed by atoms with Gasteiger partial charge in [0.25, 0.3) is 0 Å². The van der Waals surface area contributed by atoms with Gasteiger partial charge in [0.05, 0.1) is 5.69 Å². The van der Waals surface area contributed by atoms with E-state index in [1.54, 1.807) is 23.7 Å². The monoisotopic (exact) mass is 504 g/mol. The van der Waals surface area contributed by atoms with Gasteiger partial charge < -0.3 is 29.4 Å². The molecule has 1 aromatic carbocycles. The number of hydrogen-bond acceptors (Lipinski definition) is 6. The maximum Gasteiger partial charge on any atom is 0.319 e. The first kappa shape index (κ1) is 25.0. The fourth-order valence-electron chi connectivity index (χ4n) is 5.13. The van der Waals surface area contributed by atoms with Gasteiger partial charge in [-0.15, -0.1) is 0 Å². The number of rotatable bonds is 9. The lowest BCUT2D eigenvalue weighted by Crippen LogP contribution is -2.37. The van der Waals surface area contributed by atoms with Crippen molar-refractivity contribution in [3.63, 3.8) is 0 Å². The largest absolute Gasteiger partial charge is 0.464 e. The zero-order valence-electron chi connectivity index (χ0n) is 21.3. The molecule has 5 rings (SSSR count). The van der Waals surface area contributed by atoms with Crippen LogP contribution in [0.3, 0.4) is 0 Å². The molecule has 8 nitrogen and oxygen atoms in total. The Morgan fingerprint density at radius 1 is 1.08 bits per heavy atom. The summed E-state index contributed by atoms with van der Waals surface area (Å²) >= 11 is 0. The Kier molecular flexibility index (Phi) is 8.15. The van der Waals surface area contributed by atoms with Gasteiger partial charge in [-0.05, 0) is 57.3 Å². The number of anilines is 1. The van der Waals surface area contributed by atoms with Crippen LogP contribution in [-0.4, -0.2) is 55.1 Å². The van der Waals surface area contributed by atoms with E-state index in [2.05, 4.69) is 28.0 Å². The molecule has 1 aromatic heterocycles. The van der Waals surface area contributed by atoms with E-state index in [0.29, 0.717) is 6.54 Å².